The van der Waals surface area contributed by atoms with Crippen molar-refractivity contribution < 1.29 is 24.7 Å². The minimum Gasteiger partial charge on any atom is -0.508 e. The number of allylic oxidation sites excluding steroid dienone is 1. The molecule has 2 rings (SSSR count). The monoisotopic (exact) mass is 522 g/mol. The van der Waals surface area contributed by atoms with Gasteiger partial charge in [0.05, 0.1) is 12.0 Å². The summed E-state index contributed by atoms with van der Waals surface area (Å²) >= 11 is 0. The zero-order chi connectivity index (χ0) is 28.5. The number of hydrogen-bond donors (Lipinski definition) is 4. The third-order valence-electron chi connectivity index (χ3n) is 6.72. The average Bonchev–Trinajstić information content (AvgIpc) is 2.87. The van der Waals surface area contributed by atoms with E-state index < -0.39 is 29.7 Å². The Kier molecular flexibility index (Phi) is 11.3. The Labute approximate surface area is 226 Å². The van der Waals surface area contributed by atoms with Crippen LogP contribution in [0.25, 0.3) is 0 Å². The number of benzene rings is 2. The largest absolute Gasteiger partial charge is 0.508 e. The summed E-state index contributed by atoms with van der Waals surface area (Å²) in [5, 5.41) is 22.0. The van der Waals surface area contributed by atoms with Gasteiger partial charge < -0.3 is 10.4 Å². The molecule has 2 amide bonds. The van der Waals surface area contributed by atoms with Crippen molar-refractivity contribution in [3.63, 3.8) is 0 Å². The number of Topliss-reactive ketones (excluding diaryl/α,β-unsaturated/α-hetero) is 1. The highest BCUT2D eigenvalue weighted by Crippen LogP contribution is 2.27. The van der Waals surface area contributed by atoms with Crippen molar-refractivity contribution in [2.45, 2.75) is 71.8 Å². The number of carbonyl (C=O) groups excluding carboxylic acids is 3. The summed E-state index contributed by atoms with van der Waals surface area (Å²) in [4.78, 5) is 39.9. The Morgan fingerprint density at radius 1 is 0.947 bits per heavy atom. The number of nitrogens with one attached hydrogen (secondary N) is 2. The highest BCUT2D eigenvalue weighted by Gasteiger charge is 2.35. The number of amides is 2. The van der Waals surface area contributed by atoms with E-state index in [0.717, 1.165) is 11.1 Å². The van der Waals surface area contributed by atoms with Gasteiger partial charge in [0.25, 0.3) is 0 Å². The number of carbonyl (C=O) groups is 3. The fraction of sp³-hybridized carbons (Fsp3) is 0.452. The first-order chi connectivity index (χ1) is 17.9. The lowest BCUT2D eigenvalue weighted by Gasteiger charge is -2.28. The van der Waals surface area contributed by atoms with Gasteiger partial charge in [-0.15, -0.1) is 6.58 Å². The molecular formula is C31H42N2O5. The van der Waals surface area contributed by atoms with Crippen molar-refractivity contribution in [1.29, 1.82) is 0 Å². The first kappa shape index (κ1) is 30.8. The zero-order valence-corrected chi connectivity index (χ0v) is 23.2. The molecule has 0 saturated heterocycles. The lowest BCUT2D eigenvalue weighted by atomic mass is 9.81. The van der Waals surface area contributed by atoms with E-state index in [-0.39, 0.29) is 29.3 Å². The maximum atomic E-state index is 13.7. The molecule has 0 spiro atoms. The maximum Gasteiger partial charge on any atom is 0.247 e. The molecule has 0 bridgehead atoms. The van der Waals surface area contributed by atoms with Crippen molar-refractivity contribution >= 4 is 17.6 Å². The van der Waals surface area contributed by atoms with Gasteiger partial charge in [0.1, 0.15) is 5.75 Å². The number of rotatable bonds is 13. The third-order valence-corrected chi connectivity index (χ3v) is 6.72. The van der Waals surface area contributed by atoms with Crippen LogP contribution in [-0.4, -0.2) is 34.0 Å². The third kappa shape index (κ3) is 8.84. The molecule has 7 heteroatoms. The molecule has 206 valence electrons. The molecule has 0 fully saturated rings. The van der Waals surface area contributed by atoms with Crippen LogP contribution in [0, 0.1) is 17.8 Å². The second-order valence-electron chi connectivity index (χ2n) is 11.3. The van der Waals surface area contributed by atoms with Gasteiger partial charge in [0.2, 0.25) is 11.8 Å². The van der Waals surface area contributed by atoms with Gasteiger partial charge in [-0.25, -0.2) is 5.48 Å². The first-order valence-corrected chi connectivity index (χ1v) is 13.1. The zero-order valence-electron chi connectivity index (χ0n) is 23.2. The Hall–Kier alpha value is -3.45. The summed E-state index contributed by atoms with van der Waals surface area (Å²) in [6, 6.07) is 13.0. The van der Waals surface area contributed by atoms with Gasteiger partial charge in [-0.05, 0) is 53.9 Å². The molecule has 0 aromatic heterocycles. The lowest BCUT2D eigenvalue weighted by molar-refractivity contribution is -0.141. The molecule has 0 saturated carbocycles. The molecule has 0 aliphatic carbocycles. The van der Waals surface area contributed by atoms with E-state index in [9.17, 15) is 24.7 Å². The van der Waals surface area contributed by atoms with Crippen LogP contribution in [0.1, 0.15) is 75.4 Å². The highest BCUT2D eigenvalue weighted by atomic mass is 16.5. The number of ketones is 1. The molecule has 0 heterocycles. The van der Waals surface area contributed by atoms with Gasteiger partial charge in [-0.3, -0.25) is 19.6 Å². The normalized spacial score (nSPS) is 13.9. The average molecular weight is 523 g/mol. The molecule has 0 aliphatic heterocycles. The van der Waals surface area contributed by atoms with Crippen LogP contribution in [0.3, 0.4) is 0 Å². The predicted octanol–water partition coefficient (Wildman–Crippen LogP) is 5.35. The maximum absolute atomic E-state index is 13.7. The minimum absolute atomic E-state index is 0.0704. The Balaban J connectivity index is 2.42. The highest BCUT2D eigenvalue weighted by molar-refractivity contribution is 6.02. The van der Waals surface area contributed by atoms with Crippen LogP contribution in [-0.2, 0) is 21.4 Å². The van der Waals surface area contributed by atoms with Crippen molar-refractivity contribution in [2.75, 3.05) is 0 Å². The molecule has 3 atom stereocenters. The van der Waals surface area contributed by atoms with E-state index in [0.29, 0.717) is 24.8 Å². The Morgan fingerprint density at radius 3 is 2.05 bits per heavy atom. The van der Waals surface area contributed by atoms with E-state index in [4.69, 9.17) is 0 Å². The number of phenolic OH excluding ortho intramolecular Hbond substituents is 1. The molecule has 7 nitrogen and oxygen atoms in total. The second kappa shape index (κ2) is 13.9. The van der Waals surface area contributed by atoms with Crippen molar-refractivity contribution in [3.05, 3.63) is 77.9 Å². The summed E-state index contributed by atoms with van der Waals surface area (Å²) in [5.74, 6) is -2.62. The van der Waals surface area contributed by atoms with Crippen molar-refractivity contribution in [3.8, 4) is 5.75 Å². The molecule has 0 radical (unpaired) electrons. The first-order valence-electron chi connectivity index (χ1n) is 13.1. The van der Waals surface area contributed by atoms with E-state index in [2.05, 4.69) is 32.7 Å². The molecule has 2 aromatic rings. The fourth-order valence-corrected chi connectivity index (χ4v) is 4.55. The molecule has 0 unspecified atom stereocenters. The van der Waals surface area contributed by atoms with Gasteiger partial charge in [-0.1, -0.05) is 77.1 Å². The number of phenols is 1. The summed E-state index contributed by atoms with van der Waals surface area (Å²) < 4.78 is 0. The predicted molar refractivity (Wildman–Crippen MR) is 149 cm³/mol. The number of hydrogen-bond acceptors (Lipinski definition) is 5. The van der Waals surface area contributed by atoms with Crippen LogP contribution in [0.5, 0.6) is 5.75 Å². The number of aromatic hydroxyl groups is 1. The van der Waals surface area contributed by atoms with Gasteiger partial charge in [0.15, 0.2) is 5.78 Å². The van der Waals surface area contributed by atoms with E-state index >= 15 is 0 Å². The topological polar surface area (TPSA) is 116 Å². The van der Waals surface area contributed by atoms with Crippen LogP contribution in [0.2, 0.25) is 0 Å². The van der Waals surface area contributed by atoms with Crippen LogP contribution >= 0.6 is 0 Å². The van der Waals surface area contributed by atoms with Crippen molar-refractivity contribution in [1.82, 2.24) is 10.8 Å². The standard InChI is InChI=1S/C31H42N2O5/c1-7-8-9-25(30(37)33-38)26(18-20(2)3)29(36)32-27(19-21-10-16-24(34)17-11-21)28(35)22-12-14-23(15-13-22)31(4,5)6/h7,10-17,20,25-27,34,38H,1,8-9,18-19H2,2-6H3,(H,32,36)(H,33,37)/t25-,26-,27+/m1/s1. The molecular weight excluding hydrogens is 480 g/mol. The lowest BCUT2D eigenvalue weighted by Crippen LogP contribution is -2.48. The van der Waals surface area contributed by atoms with Crippen LogP contribution in [0.4, 0.5) is 0 Å². The van der Waals surface area contributed by atoms with E-state index in [1.807, 2.05) is 26.0 Å². The van der Waals surface area contributed by atoms with Crippen LogP contribution in [0.15, 0.2) is 61.2 Å². The minimum atomic E-state index is -0.889. The number of hydroxylamine groups is 1. The Bertz CT molecular complexity index is 1080. The van der Waals surface area contributed by atoms with Crippen molar-refractivity contribution in [2.24, 2.45) is 17.8 Å². The molecule has 4 N–H and O–H groups in total. The van der Waals surface area contributed by atoms with E-state index in [1.165, 1.54) is 12.1 Å². The van der Waals surface area contributed by atoms with Gasteiger partial charge in [0, 0.05) is 17.9 Å². The van der Waals surface area contributed by atoms with Gasteiger partial charge in [-0.2, -0.15) is 0 Å². The summed E-state index contributed by atoms with van der Waals surface area (Å²) in [5.41, 5.74) is 3.96. The van der Waals surface area contributed by atoms with Crippen LogP contribution < -0.4 is 10.8 Å². The quantitative estimate of drug-likeness (QED) is 0.122. The summed E-state index contributed by atoms with van der Waals surface area (Å²) in [6.45, 7) is 13.9. The molecule has 2 aromatic carbocycles. The molecule has 0 aliphatic rings. The smallest absolute Gasteiger partial charge is 0.247 e. The fourth-order valence-electron chi connectivity index (χ4n) is 4.55. The Morgan fingerprint density at radius 2 is 1.55 bits per heavy atom. The van der Waals surface area contributed by atoms with Gasteiger partial charge >= 0.3 is 0 Å². The second-order valence-corrected chi connectivity index (χ2v) is 11.3. The molecule has 38 heavy (non-hydrogen) atoms. The summed E-state index contributed by atoms with van der Waals surface area (Å²) in [6.07, 6.45) is 3.12. The summed E-state index contributed by atoms with van der Waals surface area (Å²) in [7, 11) is 0. The SMILES string of the molecule is C=CCC[C@@H](C(=O)NO)[C@@H](CC(C)C)C(=O)N[C@@H](Cc1ccc(O)cc1)C(=O)c1ccc(C(C)(C)C)cc1. The van der Waals surface area contributed by atoms with E-state index in [1.54, 1.807) is 35.8 Å².